The Morgan fingerprint density at radius 1 is 1.46 bits per heavy atom. The maximum Gasteiger partial charge on any atom is 0.0538 e. The zero-order valence-corrected chi connectivity index (χ0v) is 9.05. The molecule has 1 aliphatic rings. The summed E-state index contributed by atoms with van der Waals surface area (Å²) in [6.07, 6.45) is 7.84. The average molecular weight is 241 g/mol. The lowest BCUT2D eigenvalue weighted by Crippen LogP contribution is -2.20. The van der Waals surface area contributed by atoms with E-state index >= 15 is 0 Å². The van der Waals surface area contributed by atoms with Crippen molar-refractivity contribution in [2.75, 3.05) is 11.9 Å². The first-order valence-corrected chi connectivity index (χ1v) is 5.48. The van der Waals surface area contributed by atoms with Crippen LogP contribution in [0.3, 0.4) is 0 Å². The Hall–Kier alpha value is -0.570. The molecular formula is C10H13BrN2. The largest absolute Gasteiger partial charge is 0.383 e. The van der Waals surface area contributed by atoms with Crippen LogP contribution in [0.25, 0.3) is 0 Å². The van der Waals surface area contributed by atoms with E-state index in [1.807, 2.05) is 6.20 Å². The highest BCUT2D eigenvalue weighted by Crippen LogP contribution is 2.26. The summed E-state index contributed by atoms with van der Waals surface area (Å²) in [5, 5.41) is 3.39. The molecule has 1 fully saturated rings. The molecule has 0 atom stereocenters. The van der Waals surface area contributed by atoms with Crippen molar-refractivity contribution in [2.45, 2.75) is 19.3 Å². The van der Waals surface area contributed by atoms with Gasteiger partial charge in [-0.05, 0) is 40.8 Å². The highest BCUT2D eigenvalue weighted by Gasteiger charge is 2.16. The second-order valence-corrected chi connectivity index (χ2v) is 4.49. The van der Waals surface area contributed by atoms with Crippen LogP contribution in [0.2, 0.25) is 0 Å². The summed E-state index contributed by atoms with van der Waals surface area (Å²) >= 11 is 3.40. The minimum Gasteiger partial charge on any atom is -0.383 e. The number of halogens is 1. The molecular weight excluding hydrogens is 228 g/mol. The van der Waals surface area contributed by atoms with Crippen LogP contribution >= 0.6 is 15.9 Å². The summed E-state index contributed by atoms with van der Waals surface area (Å²) in [5.41, 5.74) is 1.11. The molecule has 0 amide bonds. The van der Waals surface area contributed by atoms with E-state index in [1.165, 1.54) is 19.3 Å². The zero-order valence-electron chi connectivity index (χ0n) is 7.46. The van der Waals surface area contributed by atoms with Crippen LogP contribution in [0.1, 0.15) is 19.3 Å². The molecule has 1 aromatic rings. The molecule has 0 unspecified atom stereocenters. The molecule has 0 bridgehead atoms. The maximum absolute atomic E-state index is 4.10. The van der Waals surface area contributed by atoms with Gasteiger partial charge in [-0.1, -0.05) is 6.42 Å². The molecule has 1 saturated carbocycles. The van der Waals surface area contributed by atoms with Crippen LogP contribution in [0, 0.1) is 5.92 Å². The first-order valence-electron chi connectivity index (χ1n) is 4.69. The summed E-state index contributed by atoms with van der Waals surface area (Å²) < 4.78 is 1.03. The lowest BCUT2D eigenvalue weighted by atomic mass is 9.85. The van der Waals surface area contributed by atoms with Crippen molar-refractivity contribution < 1.29 is 0 Å². The van der Waals surface area contributed by atoms with Gasteiger partial charge < -0.3 is 5.32 Å². The molecule has 1 heterocycles. The predicted octanol–water partition coefficient (Wildman–Crippen LogP) is 3.06. The Morgan fingerprint density at radius 2 is 2.31 bits per heavy atom. The smallest absolute Gasteiger partial charge is 0.0538 e. The molecule has 1 N–H and O–H groups in total. The van der Waals surface area contributed by atoms with Crippen molar-refractivity contribution in [2.24, 2.45) is 5.92 Å². The molecule has 2 rings (SSSR count). The molecule has 2 nitrogen and oxygen atoms in total. The van der Waals surface area contributed by atoms with Gasteiger partial charge in [0.1, 0.15) is 0 Å². The van der Waals surface area contributed by atoms with Gasteiger partial charge in [0.15, 0.2) is 0 Å². The standard InChI is InChI=1S/C10H13BrN2/c11-9-4-10(7-12-6-9)13-5-8-2-1-3-8/h4,6-8,13H,1-3,5H2. The van der Waals surface area contributed by atoms with E-state index in [4.69, 9.17) is 0 Å². The molecule has 0 radical (unpaired) electrons. The fourth-order valence-electron chi connectivity index (χ4n) is 1.47. The Labute approximate surface area is 86.9 Å². The van der Waals surface area contributed by atoms with Gasteiger partial charge in [-0.15, -0.1) is 0 Å². The van der Waals surface area contributed by atoms with Gasteiger partial charge in [0.05, 0.1) is 11.9 Å². The zero-order chi connectivity index (χ0) is 9.10. The Balaban J connectivity index is 1.86. The van der Waals surface area contributed by atoms with Crippen molar-refractivity contribution >= 4 is 21.6 Å². The molecule has 0 aromatic carbocycles. The molecule has 3 heteroatoms. The quantitative estimate of drug-likeness (QED) is 0.879. The number of nitrogens with one attached hydrogen (secondary N) is 1. The van der Waals surface area contributed by atoms with E-state index in [0.717, 1.165) is 22.6 Å². The van der Waals surface area contributed by atoms with E-state index < -0.39 is 0 Å². The molecule has 1 aromatic heterocycles. The summed E-state index contributed by atoms with van der Waals surface area (Å²) in [6, 6.07) is 2.06. The second-order valence-electron chi connectivity index (χ2n) is 3.57. The van der Waals surface area contributed by atoms with Crippen LogP contribution in [0.4, 0.5) is 5.69 Å². The monoisotopic (exact) mass is 240 g/mol. The summed E-state index contributed by atoms with van der Waals surface area (Å²) in [7, 11) is 0. The van der Waals surface area contributed by atoms with Crippen LogP contribution < -0.4 is 5.32 Å². The molecule has 0 spiro atoms. The van der Waals surface area contributed by atoms with Crippen LogP contribution in [0.15, 0.2) is 22.9 Å². The maximum atomic E-state index is 4.10. The van der Waals surface area contributed by atoms with Crippen molar-refractivity contribution in [1.82, 2.24) is 4.98 Å². The average Bonchev–Trinajstić information content (AvgIpc) is 2.01. The van der Waals surface area contributed by atoms with Crippen molar-refractivity contribution in [1.29, 1.82) is 0 Å². The molecule has 0 saturated heterocycles. The van der Waals surface area contributed by atoms with Crippen molar-refractivity contribution in [3.05, 3.63) is 22.9 Å². The summed E-state index contributed by atoms with van der Waals surface area (Å²) in [5.74, 6) is 0.888. The number of nitrogens with zero attached hydrogens (tertiary/aromatic N) is 1. The second kappa shape index (κ2) is 4.09. The Kier molecular flexibility index (Phi) is 2.83. The number of hydrogen-bond donors (Lipinski definition) is 1. The van der Waals surface area contributed by atoms with Gasteiger partial charge in [-0.2, -0.15) is 0 Å². The molecule has 70 valence electrons. The highest BCUT2D eigenvalue weighted by atomic mass is 79.9. The Morgan fingerprint density at radius 3 is 2.92 bits per heavy atom. The van der Waals surface area contributed by atoms with Gasteiger partial charge in [-0.25, -0.2) is 0 Å². The number of hydrogen-bond acceptors (Lipinski definition) is 2. The third kappa shape index (κ3) is 2.44. The van der Waals surface area contributed by atoms with E-state index in [0.29, 0.717) is 0 Å². The summed E-state index contributed by atoms with van der Waals surface area (Å²) in [6.45, 7) is 1.10. The number of rotatable bonds is 3. The van der Waals surface area contributed by atoms with E-state index in [2.05, 4.69) is 32.3 Å². The first-order chi connectivity index (χ1) is 6.34. The first kappa shape index (κ1) is 9.00. The lowest BCUT2D eigenvalue weighted by molar-refractivity contribution is 0.333. The molecule has 0 aliphatic heterocycles. The third-order valence-electron chi connectivity index (χ3n) is 2.52. The number of anilines is 1. The van der Waals surface area contributed by atoms with Gasteiger partial charge in [-0.3, -0.25) is 4.98 Å². The SMILES string of the molecule is Brc1cncc(NCC2CCC2)c1. The van der Waals surface area contributed by atoms with Crippen LogP contribution in [0.5, 0.6) is 0 Å². The van der Waals surface area contributed by atoms with Crippen molar-refractivity contribution in [3.8, 4) is 0 Å². The molecule has 13 heavy (non-hydrogen) atoms. The summed E-state index contributed by atoms with van der Waals surface area (Å²) in [4.78, 5) is 4.10. The fraction of sp³-hybridized carbons (Fsp3) is 0.500. The number of aromatic nitrogens is 1. The predicted molar refractivity (Wildman–Crippen MR) is 57.8 cm³/mol. The highest BCUT2D eigenvalue weighted by molar-refractivity contribution is 9.10. The third-order valence-corrected chi connectivity index (χ3v) is 2.96. The molecule has 1 aliphatic carbocycles. The minimum atomic E-state index is 0.888. The van der Waals surface area contributed by atoms with Gasteiger partial charge in [0.25, 0.3) is 0 Å². The van der Waals surface area contributed by atoms with Gasteiger partial charge in [0, 0.05) is 17.2 Å². The van der Waals surface area contributed by atoms with Crippen LogP contribution in [-0.4, -0.2) is 11.5 Å². The topological polar surface area (TPSA) is 24.9 Å². The van der Waals surface area contributed by atoms with Gasteiger partial charge in [0.2, 0.25) is 0 Å². The van der Waals surface area contributed by atoms with E-state index in [9.17, 15) is 0 Å². The normalized spacial score (nSPS) is 16.7. The van der Waals surface area contributed by atoms with Crippen LogP contribution in [-0.2, 0) is 0 Å². The minimum absolute atomic E-state index is 0.888. The van der Waals surface area contributed by atoms with Crippen molar-refractivity contribution in [3.63, 3.8) is 0 Å². The van der Waals surface area contributed by atoms with Gasteiger partial charge >= 0.3 is 0 Å². The fourth-order valence-corrected chi connectivity index (χ4v) is 1.83. The Bertz CT molecular complexity index is 284. The number of pyridine rings is 1. The van der Waals surface area contributed by atoms with E-state index in [-0.39, 0.29) is 0 Å². The lowest BCUT2D eigenvalue weighted by Gasteiger charge is -2.25. The van der Waals surface area contributed by atoms with E-state index in [1.54, 1.807) is 6.20 Å².